The minimum atomic E-state index is -2.39. The van der Waals surface area contributed by atoms with Crippen LogP contribution in [0, 0.1) is 0 Å². The van der Waals surface area contributed by atoms with Crippen molar-refractivity contribution >= 4 is 0 Å². The average molecular weight is 162 g/mol. The summed E-state index contributed by atoms with van der Waals surface area (Å²) in [6, 6.07) is 0. The zero-order chi connectivity index (χ0) is 8.53. The van der Waals surface area contributed by atoms with E-state index in [1.165, 1.54) is 6.26 Å². The summed E-state index contributed by atoms with van der Waals surface area (Å²) < 4.78 is 27.3. The highest BCUT2D eigenvalue weighted by Crippen LogP contribution is 1.95. The number of hydrogen-bond donors (Lipinski definition) is 0. The molecule has 0 aromatic heterocycles. The molecule has 0 amide bonds. The molecule has 3 heteroatoms. The lowest BCUT2D eigenvalue weighted by Crippen LogP contribution is -1.99. The Morgan fingerprint density at radius 1 is 1.36 bits per heavy atom. The minimum Gasteiger partial charge on any atom is -0.496 e. The maximum Gasteiger partial charge on any atom is 0.272 e. The summed E-state index contributed by atoms with van der Waals surface area (Å²) in [6.07, 6.45) is 4.00. The fraction of sp³-hybridized carbons (Fsp3) is 0.500. The Labute approximate surface area is 65.4 Å². The van der Waals surface area contributed by atoms with Crippen LogP contribution >= 0.6 is 0 Å². The van der Waals surface area contributed by atoms with E-state index >= 15 is 0 Å². The van der Waals surface area contributed by atoms with Crippen LogP contribution in [0.4, 0.5) is 8.78 Å². The van der Waals surface area contributed by atoms with E-state index in [-0.39, 0.29) is 0 Å². The van der Waals surface area contributed by atoms with Crippen molar-refractivity contribution in [3.63, 3.8) is 0 Å². The summed E-state index contributed by atoms with van der Waals surface area (Å²) in [5.41, 5.74) is 0. The molecule has 11 heavy (non-hydrogen) atoms. The summed E-state index contributed by atoms with van der Waals surface area (Å²) in [5.74, 6) is 0. The molecule has 0 rings (SSSR count). The highest BCUT2D eigenvalue weighted by Gasteiger charge is 1.98. The largest absolute Gasteiger partial charge is 0.496 e. The summed E-state index contributed by atoms with van der Waals surface area (Å²) >= 11 is 0. The predicted octanol–water partition coefficient (Wildman–Crippen LogP) is 2.75. The van der Waals surface area contributed by atoms with E-state index in [9.17, 15) is 8.78 Å². The van der Waals surface area contributed by atoms with Gasteiger partial charge >= 0.3 is 0 Å². The monoisotopic (exact) mass is 162 g/mol. The van der Waals surface area contributed by atoms with Crippen LogP contribution in [0.3, 0.4) is 0 Å². The van der Waals surface area contributed by atoms with Crippen molar-refractivity contribution < 1.29 is 13.5 Å². The second-order valence-electron chi connectivity index (χ2n) is 1.96. The van der Waals surface area contributed by atoms with E-state index in [1.54, 1.807) is 12.2 Å². The van der Waals surface area contributed by atoms with Gasteiger partial charge in [0.25, 0.3) is 6.43 Å². The first kappa shape index (κ1) is 10.1. The average Bonchev–Trinajstić information content (AvgIpc) is 1.96. The number of hydrogen-bond acceptors (Lipinski definition) is 1. The summed E-state index contributed by atoms with van der Waals surface area (Å²) in [7, 11) is 0. The second kappa shape index (κ2) is 7.25. The number of allylic oxidation sites excluding steroid dienone is 2. The number of unbranched alkanes of at least 4 members (excludes halogenated alkanes) is 1. The van der Waals surface area contributed by atoms with Crippen molar-refractivity contribution in [2.24, 2.45) is 0 Å². The molecule has 0 N–H and O–H groups in total. The van der Waals surface area contributed by atoms with E-state index in [0.29, 0.717) is 0 Å². The van der Waals surface area contributed by atoms with Gasteiger partial charge in [-0.2, -0.15) is 0 Å². The van der Waals surface area contributed by atoms with Crippen molar-refractivity contribution in [1.82, 2.24) is 0 Å². The molecular weight excluding hydrogens is 150 g/mol. The maximum absolute atomic E-state index is 11.4. The molecular formula is C8H12F2O. The van der Waals surface area contributed by atoms with Crippen molar-refractivity contribution in [1.29, 1.82) is 0 Å². The van der Waals surface area contributed by atoms with Crippen LogP contribution in [0.2, 0.25) is 0 Å². The third-order valence-electron chi connectivity index (χ3n) is 0.952. The summed E-state index contributed by atoms with van der Waals surface area (Å²) in [6.45, 7) is 2.99. The van der Waals surface area contributed by atoms with E-state index in [1.807, 2.05) is 0 Å². The van der Waals surface area contributed by atoms with Crippen molar-refractivity contribution in [3.8, 4) is 0 Å². The van der Waals surface area contributed by atoms with Gasteiger partial charge in [-0.1, -0.05) is 6.08 Å². The van der Waals surface area contributed by atoms with Gasteiger partial charge in [-0.05, 0) is 18.9 Å². The highest BCUT2D eigenvalue weighted by atomic mass is 19.3. The van der Waals surface area contributed by atoms with Gasteiger partial charge in [-0.15, -0.1) is 6.58 Å². The molecule has 0 unspecified atom stereocenters. The molecule has 0 aliphatic rings. The van der Waals surface area contributed by atoms with E-state index in [2.05, 4.69) is 11.3 Å². The fourth-order valence-corrected chi connectivity index (χ4v) is 0.478. The van der Waals surface area contributed by atoms with Crippen LogP contribution < -0.4 is 0 Å². The van der Waals surface area contributed by atoms with Crippen LogP contribution in [0.25, 0.3) is 0 Å². The Bertz CT molecular complexity index is 121. The Balaban J connectivity index is 3.09. The van der Waals surface area contributed by atoms with Gasteiger partial charge < -0.3 is 4.74 Å². The van der Waals surface area contributed by atoms with Crippen LogP contribution in [-0.2, 0) is 4.74 Å². The molecule has 0 radical (unpaired) electrons. The number of rotatable bonds is 6. The molecule has 0 saturated carbocycles. The topological polar surface area (TPSA) is 9.23 Å². The number of alkyl halides is 2. The van der Waals surface area contributed by atoms with Crippen molar-refractivity contribution in [3.05, 3.63) is 25.0 Å². The molecule has 0 spiro atoms. The van der Waals surface area contributed by atoms with Gasteiger partial charge in [0.15, 0.2) is 0 Å². The SMILES string of the molecule is C=CCCC=COCC(F)F. The standard InChI is InChI=1S/C8H12F2O/c1-2-3-4-5-6-11-7-8(9)10/h2,5-6,8H,1,3-4,7H2. The van der Waals surface area contributed by atoms with Gasteiger partial charge in [0.2, 0.25) is 0 Å². The van der Waals surface area contributed by atoms with Crippen molar-refractivity contribution in [2.75, 3.05) is 6.61 Å². The molecule has 0 fully saturated rings. The van der Waals surface area contributed by atoms with Crippen LogP contribution in [0.1, 0.15) is 12.8 Å². The van der Waals surface area contributed by atoms with E-state index < -0.39 is 13.0 Å². The maximum atomic E-state index is 11.4. The Kier molecular flexibility index (Phi) is 6.68. The quantitative estimate of drug-likeness (QED) is 0.331. The van der Waals surface area contributed by atoms with Crippen LogP contribution in [0.5, 0.6) is 0 Å². The normalized spacial score (nSPS) is 10.8. The molecule has 0 aromatic rings. The van der Waals surface area contributed by atoms with Gasteiger partial charge in [0.05, 0.1) is 6.26 Å². The zero-order valence-corrected chi connectivity index (χ0v) is 6.30. The third-order valence-corrected chi connectivity index (χ3v) is 0.952. The molecule has 0 aromatic carbocycles. The Hall–Kier alpha value is -0.860. The highest BCUT2D eigenvalue weighted by molar-refractivity contribution is 4.78. The first-order valence-electron chi connectivity index (χ1n) is 3.43. The molecule has 0 heterocycles. The molecule has 0 aliphatic heterocycles. The summed E-state index contributed by atoms with van der Waals surface area (Å²) in [4.78, 5) is 0. The molecule has 0 bridgehead atoms. The Morgan fingerprint density at radius 3 is 2.64 bits per heavy atom. The fourth-order valence-electron chi connectivity index (χ4n) is 0.478. The lowest BCUT2D eigenvalue weighted by Gasteiger charge is -1.96. The Morgan fingerprint density at radius 2 is 2.09 bits per heavy atom. The van der Waals surface area contributed by atoms with Gasteiger partial charge in [-0.3, -0.25) is 0 Å². The molecule has 0 aliphatic carbocycles. The third kappa shape index (κ3) is 9.14. The van der Waals surface area contributed by atoms with Crippen molar-refractivity contribution in [2.45, 2.75) is 19.3 Å². The van der Waals surface area contributed by atoms with Crippen LogP contribution in [-0.4, -0.2) is 13.0 Å². The first-order valence-corrected chi connectivity index (χ1v) is 3.43. The van der Waals surface area contributed by atoms with Gasteiger partial charge in [0, 0.05) is 0 Å². The van der Waals surface area contributed by atoms with E-state index in [4.69, 9.17) is 0 Å². The van der Waals surface area contributed by atoms with Gasteiger partial charge in [0.1, 0.15) is 6.61 Å². The predicted molar refractivity (Wildman–Crippen MR) is 40.5 cm³/mol. The lowest BCUT2D eigenvalue weighted by molar-refractivity contribution is 0.0600. The summed E-state index contributed by atoms with van der Waals surface area (Å²) in [5, 5.41) is 0. The lowest BCUT2D eigenvalue weighted by atomic mass is 10.3. The van der Waals surface area contributed by atoms with E-state index in [0.717, 1.165) is 12.8 Å². The smallest absolute Gasteiger partial charge is 0.272 e. The molecule has 64 valence electrons. The molecule has 0 atom stereocenters. The van der Waals surface area contributed by atoms with Crippen LogP contribution in [0.15, 0.2) is 25.0 Å². The molecule has 1 nitrogen and oxygen atoms in total. The molecule has 0 saturated heterocycles. The number of halogens is 2. The minimum absolute atomic E-state index is 0.523. The zero-order valence-electron chi connectivity index (χ0n) is 6.30. The first-order chi connectivity index (χ1) is 5.27. The number of ether oxygens (including phenoxy) is 1. The van der Waals surface area contributed by atoms with Gasteiger partial charge in [-0.25, -0.2) is 8.78 Å². The second-order valence-corrected chi connectivity index (χ2v) is 1.96.